The van der Waals surface area contributed by atoms with Gasteiger partial charge in [-0.05, 0) is 19.8 Å². The highest BCUT2D eigenvalue weighted by molar-refractivity contribution is 6.25. The Labute approximate surface area is 173 Å². The van der Waals surface area contributed by atoms with Crippen molar-refractivity contribution in [3.8, 4) is 0 Å². The van der Waals surface area contributed by atoms with Crippen LogP contribution >= 0.6 is 11.6 Å². The van der Waals surface area contributed by atoms with Crippen LogP contribution in [0.1, 0.15) is 26.7 Å². The smallest absolute Gasteiger partial charge is 0.245 e. The molecule has 1 radical (unpaired) electrons. The second kappa shape index (κ2) is 11.6. The molecule has 1 aliphatic rings. The number of nitrogens with zero attached hydrogens (tertiary/aromatic N) is 1. The van der Waals surface area contributed by atoms with E-state index in [0.717, 1.165) is 12.5 Å². The minimum atomic E-state index is -1.41. The van der Waals surface area contributed by atoms with Crippen molar-refractivity contribution in [2.24, 2.45) is 0 Å². The van der Waals surface area contributed by atoms with Crippen molar-refractivity contribution in [2.45, 2.75) is 50.9 Å². The van der Waals surface area contributed by atoms with Gasteiger partial charge in [-0.1, -0.05) is 11.6 Å². The fourth-order valence-corrected chi connectivity index (χ4v) is 3.05. The molecule has 1 fully saturated rings. The molecule has 0 spiro atoms. The lowest BCUT2D eigenvalue weighted by molar-refractivity contribution is -0.136. The fourth-order valence-electron chi connectivity index (χ4n) is 2.90. The summed E-state index contributed by atoms with van der Waals surface area (Å²) in [6, 6.07) is -3.40. The van der Waals surface area contributed by atoms with Gasteiger partial charge in [-0.3, -0.25) is 24.3 Å². The van der Waals surface area contributed by atoms with E-state index < -0.39 is 66.8 Å². The first kappa shape index (κ1) is 24.7. The topological polar surface area (TPSA) is 168 Å². The Hall–Kier alpha value is -2.37. The van der Waals surface area contributed by atoms with Gasteiger partial charge in [0, 0.05) is 19.0 Å². The summed E-state index contributed by atoms with van der Waals surface area (Å²) >= 11 is 5.42. The average molecular weight is 434 g/mol. The molecular weight excluding hydrogens is 408 g/mol. The lowest BCUT2D eigenvalue weighted by Crippen LogP contribution is -2.58. The summed E-state index contributed by atoms with van der Waals surface area (Å²) in [5.41, 5.74) is 0.875. The van der Waals surface area contributed by atoms with E-state index in [1.165, 1.54) is 11.8 Å². The number of hydrogen-bond acceptors (Lipinski definition) is 6. The average Bonchev–Trinajstić information content (AvgIpc) is 3.16. The summed E-state index contributed by atoms with van der Waals surface area (Å²) < 4.78 is 0. The van der Waals surface area contributed by atoms with Gasteiger partial charge in [-0.2, -0.15) is 0 Å². The Morgan fingerprint density at radius 1 is 1.24 bits per heavy atom. The van der Waals surface area contributed by atoms with Crippen molar-refractivity contribution in [3.63, 3.8) is 0 Å². The maximum atomic E-state index is 12.3. The number of likely N-dealkylation sites (tertiary alicyclic amines) is 1. The van der Waals surface area contributed by atoms with E-state index in [1.54, 1.807) is 0 Å². The second-order valence-electron chi connectivity index (χ2n) is 6.64. The number of aliphatic hydroxyl groups excluding tert-OH is 2. The zero-order valence-electron chi connectivity index (χ0n) is 16.2. The molecule has 5 N–H and O–H groups in total. The third-order valence-electron chi connectivity index (χ3n) is 4.36. The SMILES string of the molecule is CC(=O)N[C@H](C(=O)N[C@@H](CO)C(=O)NCC(=O)N1CCC[C@H]1C([O])=CCl)[C@@H](C)O. The summed E-state index contributed by atoms with van der Waals surface area (Å²) in [5.74, 6) is -3.18. The van der Waals surface area contributed by atoms with Crippen LogP contribution in [0.4, 0.5) is 0 Å². The minimum Gasteiger partial charge on any atom is -0.394 e. The molecule has 11 nitrogen and oxygen atoms in total. The molecule has 0 bridgehead atoms. The third-order valence-corrected chi connectivity index (χ3v) is 4.58. The van der Waals surface area contributed by atoms with Crippen LogP contribution in [0.2, 0.25) is 0 Å². The summed E-state index contributed by atoms with van der Waals surface area (Å²) in [5, 5.41) is 37.5. The van der Waals surface area contributed by atoms with Gasteiger partial charge in [-0.25, -0.2) is 0 Å². The maximum absolute atomic E-state index is 12.3. The van der Waals surface area contributed by atoms with E-state index in [-0.39, 0.29) is 0 Å². The molecule has 29 heavy (non-hydrogen) atoms. The number of carbonyl (C=O) groups excluding carboxylic acids is 4. The van der Waals surface area contributed by atoms with Crippen LogP contribution in [0.5, 0.6) is 0 Å². The van der Waals surface area contributed by atoms with Crippen molar-refractivity contribution >= 4 is 35.2 Å². The molecule has 1 rings (SSSR count). The molecule has 12 heteroatoms. The number of hydrogen-bond donors (Lipinski definition) is 5. The quantitative estimate of drug-likeness (QED) is 0.263. The second-order valence-corrected chi connectivity index (χ2v) is 6.86. The Morgan fingerprint density at radius 3 is 2.41 bits per heavy atom. The number of halogens is 1. The zero-order valence-corrected chi connectivity index (χ0v) is 16.9. The summed E-state index contributed by atoms with van der Waals surface area (Å²) in [4.78, 5) is 49.2. The van der Waals surface area contributed by atoms with Gasteiger partial charge >= 0.3 is 0 Å². The lowest BCUT2D eigenvalue weighted by atomic mass is 10.1. The predicted octanol–water partition coefficient (Wildman–Crippen LogP) is -2.03. The summed E-state index contributed by atoms with van der Waals surface area (Å²) in [7, 11) is 0. The van der Waals surface area contributed by atoms with Crippen molar-refractivity contribution in [1.82, 2.24) is 20.9 Å². The van der Waals surface area contributed by atoms with E-state index in [4.69, 9.17) is 11.6 Å². The lowest BCUT2D eigenvalue weighted by Gasteiger charge is -2.25. The Morgan fingerprint density at radius 2 is 1.90 bits per heavy atom. The van der Waals surface area contributed by atoms with Gasteiger partial charge in [0.2, 0.25) is 23.6 Å². The van der Waals surface area contributed by atoms with Gasteiger partial charge in [0.25, 0.3) is 0 Å². The zero-order chi connectivity index (χ0) is 22.1. The molecule has 0 saturated carbocycles. The van der Waals surface area contributed by atoms with Crippen LogP contribution in [-0.4, -0.2) is 82.7 Å². The van der Waals surface area contributed by atoms with E-state index in [2.05, 4.69) is 16.0 Å². The molecule has 0 unspecified atom stereocenters. The molecule has 1 aliphatic heterocycles. The van der Waals surface area contributed by atoms with Crippen LogP contribution in [0.25, 0.3) is 0 Å². The van der Waals surface area contributed by atoms with Crippen molar-refractivity contribution < 1.29 is 34.5 Å². The van der Waals surface area contributed by atoms with Gasteiger partial charge in [0.05, 0.1) is 25.3 Å². The highest BCUT2D eigenvalue weighted by Gasteiger charge is 2.33. The fraction of sp³-hybridized carbons (Fsp3) is 0.647. The molecule has 1 heterocycles. The van der Waals surface area contributed by atoms with Gasteiger partial charge < -0.3 is 31.1 Å². The predicted molar refractivity (Wildman–Crippen MR) is 101 cm³/mol. The number of nitrogens with one attached hydrogen (secondary N) is 3. The molecule has 0 aromatic carbocycles. The van der Waals surface area contributed by atoms with E-state index in [9.17, 15) is 34.5 Å². The van der Waals surface area contributed by atoms with E-state index >= 15 is 0 Å². The van der Waals surface area contributed by atoms with Gasteiger partial charge in [0.1, 0.15) is 12.1 Å². The number of carbonyl (C=O) groups is 4. The highest BCUT2D eigenvalue weighted by atomic mass is 35.5. The van der Waals surface area contributed by atoms with Crippen LogP contribution in [0.3, 0.4) is 0 Å². The van der Waals surface area contributed by atoms with Crippen LogP contribution in [-0.2, 0) is 24.3 Å². The monoisotopic (exact) mass is 433 g/mol. The van der Waals surface area contributed by atoms with Crippen LogP contribution in [0, 0.1) is 0 Å². The first-order valence-electron chi connectivity index (χ1n) is 9.03. The molecule has 0 aromatic rings. The largest absolute Gasteiger partial charge is 0.394 e. The summed E-state index contributed by atoms with van der Waals surface area (Å²) in [6.45, 7) is 1.57. The normalized spacial score (nSPS) is 19.8. The van der Waals surface area contributed by atoms with Gasteiger partial charge in [0.15, 0.2) is 5.76 Å². The standard InChI is InChI=1S/C17H26ClN4O7/c1-9(24)15(20-10(2)25)17(29)21-11(8-23)16(28)19-7-14(27)22-5-3-4-12(22)13(26)6-18/h6,9,11-12,15,23-24H,3-5,7-8H2,1-2H3,(H,19,28)(H,20,25)(H,21,29)/t9-,11+,12+,15+/m1/s1. The Balaban J connectivity index is 2.65. The number of aliphatic hydroxyl groups is 2. The Kier molecular flexibility index (Phi) is 9.86. The third kappa shape index (κ3) is 7.18. The minimum absolute atomic E-state index is 0.350. The molecule has 0 aromatic heterocycles. The molecule has 0 aliphatic carbocycles. The molecular formula is C17H26ClN4O7. The van der Waals surface area contributed by atoms with Crippen molar-refractivity contribution in [3.05, 3.63) is 11.3 Å². The first-order chi connectivity index (χ1) is 13.6. The van der Waals surface area contributed by atoms with E-state index in [0.29, 0.717) is 19.4 Å². The molecule has 163 valence electrons. The van der Waals surface area contributed by atoms with Crippen LogP contribution in [0.15, 0.2) is 11.3 Å². The highest BCUT2D eigenvalue weighted by Crippen LogP contribution is 2.23. The summed E-state index contributed by atoms with van der Waals surface area (Å²) in [6.07, 6.45) is -0.146. The van der Waals surface area contributed by atoms with Crippen molar-refractivity contribution in [2.75, 3.05) is 19.7 Å². The number of rotatable bonds is 9. The Bertz CT molecular complexity index is 656. The first-order valence-corrected chi connectivity index (χ1v) is 9.46. The maximum Gasteiger partial charge on any atom is 0.245 e. The van der Waals surface area contributed by atoms with Gasteiger partial charge in [-0.15, -0.1) is 0 Å². The van der Waals surface area contributed by atoms with Crippen molar-refractivity contribution in [1.29, 1.82) is 0 Å². The molecule has 4 atom stereocenters. The van der Waals surface area contributed by atoms with Crippen LogP contribution < -0.4 is 16.0 Å². The number of amides is 4. The molecule has 4 amide bonds. The molecule has 1 saturated heterocycles. The van der Waals surface area contributed by atoms with E-state index in [1.807, 2.05) is 0 Å².